The summed E-state index contributed by atoms with van der Waals surface area (Å²) in [5.74, 6) is -0.479. The molecule has 1 aromatic carbocycles. The first-order chi connectivity index (χ1) is 17.1. The van der Waals surface area contributed by atoms with Gasteiger partial charge in [0.1, 0.15) is 22.3 Å². The maximum Gasteiger partial charge on any atom is 0.248 e. The minimum Gasteiger partial charge on any atom is -0.390 e. The van der Waals surface area contributed by atoms with Crippen LogP contribution < -0.4 is 5.32 Å². The van der Waals surface area contributed by atoms with Gasteiger partial charge in [-0.1, -0.05) is 69.1 Å². The maximum atomic E-state index is 13.6. The Labute approximate surface area is 218 Å². The summed E-state index contributed by atoms with van der Waals surface area (Å²) in [6, 6.07) is 9.15. The summed E-state index contributed by atoms with van der Waals surface area (Å²) in [6.07, 6.45) is 3.70. The van der Waals surface area contributed by atoms with Crippen LogP contribution in [0.2, 0.25) is 0 Å². The number of amides is 2. The summed E-state index contributed by atoms with van der Waals surface area (Å²) in [5.41, 5.74) is -0.449. The Morgan fingerprint density at radius 3 is 2.42 bits per heavy atom. The molecule has 196 valence electrons. The van der Waals surface area contributed by atoms with E-state index in [1.165, 1.54) is 0 Å². The minimum absolute atomic E-state index is 0.113. The number of azo groups is 1. The lowest BCUT2D eigenvalue weighted by Crippen LogP contribution is -2.75. The van der Waals surface area contributed by atoms with Crippen molar-refractivity contribution in [1.82, 2.24) is 15.1 Å². The Balaban J connectivity index is 1.62. The van der Waals surface area contributed by atoms with Crippen LogP contribution in [0, 0.1) is 5.92 Å². The molecular weight excluding hydrogens is 478 g/mol. The summed E-state index contributed by atoms with van der Waals surface area (Å²) in [5, 5.41) is 22.6. The number of nitrogens with zero attached hydrogens (tertiary/aromatic N) is 4. The number of carbonyl (C=O) groups is 2. The van der Waals surface area contributed by atoms with Gasteiger partial charge in [-0.25, -0.2) is 0 Å². The van der Waals surface area contributed by atoms with Crippen LogP contribution >= 0.6 is 11.6 Å². The van der Waals surface area contributed by atoms with Crippen molar-refractivity contribution in [2.45, 2.75) is 82.6 Å². The van der Waals surface area contributed by atoms with Gasteiger partial charge in [-0.2, -0.15) is 5.11 Å². The van der Waals surface area contributed by atoms with Crippen LogP contribution in [0.25, 0.3) is 0 Å². The highest BCUT2D eigenvalue weighted by Gasteiger charge is 2.56. The quantitative estimate of drug-likeness (QED) is 0.511. The Morgan fingerprint density at radius 2 is 1.86 bits per heavy atom. The van der Waals surface area contributed by atoms with Crippen LogP contribution in [-0.4, -0.2) is 69.6 Å². The summed E-state index contributed by atoms with van der Waals surface area (Å²) in [6.45, 7) is 9.54. The zero-order valence-corrected chi connectivity index (χ0v) is 22.4. The minimum atomic E-state index is -0.922. The van der Waals surface area contributed by atoms with E-state index < -0.39 is 23.2 Å². The number of unbranched alkanes of at least 4 members (excludes halogenated alkanes) is 1. The number of nitrogens with one attached hydrogen (secondary N) is 1. The molecule has 9 heteroatoms. The predicted octanol–water partition coefficient (Wildman–Crippen LogP) is 4.01. The highest BCUT2D eigenvalue weighted by atomic mass is 35.5. The topological polar surface area (TPSA) is 97.6 Å². The van der Waals surface area contributed by atoms with E-state index >= 15 is 0 Å². The largest absolute Gasteiger partial charge is 0.390 e. The molecule has 0 aliphatic carbocycles. The van der Waals surface area contributed by atoms with Crippen molar-refractivity contribution >= 4 is 23.4 Å². The number of benzene rings is 1. The number of carbonyl (C=O) groups excluding carboxylic acids is 2. The highest BCUT2D eigenvalue weighted by Crippen LogP contribution is 2.44. The smallest absolute Gasteiger partial charge is 0.248 e. The molecule has 2 amide bonds. The molecule has 3 aliphatic rings. The third-order valence-corrected chi connectivity index (χ3v) is 8.13. The summed E-state index contributed by atoms with van der Waals surface area (Å²) >= 11 is 6.21. The van der Waals surface area contributed by atoms with Crippen molar-refractivity contribution in [2.75, 3.05) is 19.6 Å². The predicted molar refractivity (Wildman–Crippen MR) is 139 cm³/mol. The van der Waals surface area contributed by atoms with Gasteiger partial charge in [0.25, 0.3) is 0 Å². The molecule has 2 fully saturated rings. The first-order valence-corrected chi connectivity index (χ1v) is 13.4. The fraction of sp³-hybridized carbons (Fsp3) is 0.630. The van der Waals surface area contributed by atoms with Crippen molar-refractivity contribution in [1.29, 1.82) is 0 Å². The standard InChI is InChI=1S/C27H38ClN5O3/c1-5-6-14-33-24(35)21(22(34)18(2)3)29-25(36)27(33)12-15-32(16-13-27)23(19-10-8-7-9-11-19)26(4)17-20(28)30-31-26/h7-11,17-18,21-23,34H,5-6,12-16H2,1-4H3,(H,29,36)/t21-,22-,23?,26?/m1/s1. The van der Waals surface area contributed by atoms with Crippen molar-refractivity contribution in [2.24, 2.45) is 16.1 Å². The number of hydrogen-bond acceptors (Lipinski definition) is 6. The molecular formula is C27H38ClN5O3. The summed E-state index contributed by atoms with van der Waals surface area (Å²) < 4.78 is 0. The molecule has 4 atom stereocenters. The van der Waals surface area contributed by atoms with Crippen LogP contribution in [0.1, 0.15) is 65.0 Å². The van der Waals surface area contributed by atoms with Crippen LogP contribution in [-0.2, 0) is 9.59 Å². The Hall–Kier alpha value is -2.29. The molecule has 2 saturated heterocycles. The zero-order chi connectivity index (χ0) is 26.1. The second-order valence-corrected chi connectivity index (χ2v) is 11.2. The van der Waals surface area contributed by atoms with Crippen LogP contribution in [0.5, 0.6) is 0 Å². The first-order valence-electron chi connectivity index (χ1n) is 13.0. The van der Waals surface area contributed by atoms with Crippen LogP contribution in [0.15, 0.2) is 51.8 Å². The van der Waals surface area contributed by atoms with Gasteiger partial charge in [0.15, 0.2) is 0 Å². The molecule has 0 aromatic heterocycles. The van der Waals surface area contributed by atoms with E-state index in [2.05, 4.69) is 39.5 Å². The Bertz CT molecular complexity index is 1020. The van der Waals surface area contributed by atoms with Gasteiger partial charge in [0.2, 0.25) is 11.8 Å². The SMILES string of the molecule is CCCCN1C(=O)[C@@H]([C@H](O)C(C)C)NC(=O)C12CCN(C(c1ccccc1)C1(C)C=C(Cl)N=N1)CC2. The molecule has 2 N–H and O–H groups in total. The van der Waals surface area contributed by atoms with Crippen molar-refractivity contribution in [3.63, 3.8) is 0 Å². The number of halogens is 1. The number of aliphatic hydroxyl groups is 1. The van der Waals surface area contributed by atoms with E-state index in [0.29, 0.717) is 37.6 Å². The normalized spacial score (nSPS) is 27.9. The van der Waals surface area contributed by atoms with E-state index in [-0.39, 0.29) is 23.8 Å². The molecule has 0 saturated carbocycles. The average molecular weight is 516 g/mol. The molecule has 2 unspecified atom stereocenters. The monoisotopic (exact) mass is 515 g/mol. The van der Waals surface area contributed by atoms with Crippen molar-refractivity contribution < 1.29 is 14.7 Å². The molecule has 0 bridgehead atoms. The van der Waals surface area contributed by atoms with Gasteiger partial charge >= 0.3 is 0 Å². The number of aliphatic hydroxyl groups excluding tert-OH is 1. The molecule has 1 spiro atoms. The van der Waals surface area contributed by atoms with Gasteiger partial charge in [0.05, 0.1) is 12.1 Å². The van der Waals surface area contributed by atoms with Crippen LogP contribution in [0.4, 0.5) is 0 Å². The van der Waals surface area contributed by atoms with Gasteiger partial charge in [-0.15, -0.1) is 5.11 Å². The Morgan fingerprint density at radius 1 is 1.19 bits per heavy atom. The first kappa shape index (κ1) is 26.8. The lowest BCUT2D eigenvalue weighted by atomic mass is 9.78. The molecule has 4 rings (SSSR count). The van der Waals surface area contributed by atoms with Gasteiger partial charge in [0, 0.05) is 19.6 Å². The fourth-order valence-electron chi connectivity index (χ4n) is 5.89. The number of piperazine rings is 1. The molecule has 3 aliphatic heterocycles. The lowest BCUT2D eigenvalue weighted by molar-refractivity contribution is -0.166. The number of piperidine rings is 1. The van der Waals surface area contributed by atoms with Gasteiger partial charge in [-0.05, 0) is 43.7 Å². The molecule has 0 radical (unpaired) electrons. The third-order valence-electron chi connectivity index (χ3n) is 7.95. The lowest BCUT2D eigenvalue weighted by Gasteiger charge is -2.54. The summed E-state index contributed by atoms with van der Waals surface area (Å²) in [7, 11) is 0. The van der Waals surface area contributed by atoms with E-state index in [1.54, 1.807) is 4.90 Å². The van der Waals surface area contributed by atoms with E-state index in [0.717, 1.165) is 18.4 Å². The van der Waals surface area contributed by atoms with E-state index in [9.17, 15) is 14.7 Å². The van der Waals surface area contributed by atoms with Crippen LogP contribution in [0.3, 0.4) is 0 Å². The van der Waals surface area contributed by atoms with E-state index in [4.69, 9.17) is 11.6 Å². The van der Waals surface area contributed by atoms with Gasteiger partial charge in [-0.3, -0.25) is 14.5 Å². The second kappa shape index (κ2) is 10.6. The molecule has 36 heavy (non-hydrogen) atoms. The van der Waals surface area contributed by atoms with E-state index in [1.807, 2.05) is 45.0 Å². The van der Waals surface area contributed by atoms with Gasteiger partial charge < -0.3 is 15.3 Å². The van der Waals surface area contributed by atoms with Crippen molar-refractivity contribution in [3.8, 4) is 0 Å². The van der Waals surface area contributed by atoms with Crippen molar-refractivity contribution in [3.05, 3.63) is 47.1 Å². The summed E-state index contributed by atoms with van der Waals surface area (Å²) in [4.78, 5) is 31.4. The number of hydrogen-bond donors (Lipinski definition) is 2. The number of likely N-dealkylation sites (tertiary alicyclic amines) is 1. The molecule has 3 heterocycles. The second-order valence-electron chi connectivity index (χ2n) is 10.8. The fourth-order valence-corrected chi connectivity index (χ4v) is 6.14. The third kappa shape index (κ3) is 4.83. The molecule has 1 aromatic rings. The highest BCUT2D eigenvalue weighted by molar-refractivity contribution is 6.29. The maximum absolute atomic E-state index is 13.6. The zero-order valence-electron chi connectivity index (χ0n) is 21.7. The Kier molecular flexibility index (Phi) is 7.88. The molecule has 8 nitrogen and oxygen atoms in total. The average Bonchev–Trinajstić information content (AvgIpc) is 3.21. The number of rotatable bonds is 8.